The Balaban J connectivity index is 2.39. The van der Waals surface area contributed by atoms with Gasteiger partial charge in [0.05, 0.1) is 7.11 Å². The third-order valence-corrected chi connectivity index (χ3v) is 5.27. The molecule has 2 atom stereocenters. The standard InChI is InChI=1S/C23H30O3/c1-6-22(3)13-8-10-18(12-15-22)19-11-9-14-23(4,7-2)16-20(19)26-17-21(24)25-5/h8-16H,6-7,17H2,1-5H3. The predicted octanol–water partition coefficient (Wildman–Crippen LogP) is 5.44. The molecule has 0 aromatic carbocycles. The zero-order valence-corrected chi connectivity index (χ0v) is 16.5. The van der Waals surface area contributed by atoms with E-state index in [2.05, 4.69) is 82.4 Å². The Morgan fingerprint density at radius 2 is 1.65 bits per heavy atom. The lowest BCUT2D eigenvalue weighted by Crippen LogP contribution is -2.14. The summed E-state index contributed by atoms with van der Waals surface area (Å²) >= 11 is 0. The quantitative estimate of drug-likeness (QED) is 0.596. The Bertz CT molecular complexity index is 718. The molecule has 2 aliphatic rings. The van der Waals surface area contributed by atoms with E-state index in [1.165, 1.54) is 7.11 Å². The molecular formula is C23H30O3. The van der Waals surface area contributed by atoms with Crippen LogP contribution in [0.5, 0.6) is 0 Å². The molecule has 0 aromatic rings. The van der Waals surface area contributed by atoms with Crippen molar-refractivity contribution in [2.75, 3.05) is 13.7 Å². The van der Waals surface area contributed by atoms with Gasteiger partial charge in [0.15, 0.2) is 6.61 Å². The molecule has 26 heavy (non-hydrogen) atoms. The zero-order valence-electron chi connectivity index (χ0n) is 16.5. The largest absolute Gasteiger partial charge is 0.482 e. The SMILES string of the molecule is CCC1(C)C=CC=C(C2=CC=CC(C)(CC)C=C2OCC(=O)OC)C=C1. The van der Waals surface area contributed by atoms with Crippen molar-refractivity contribution in [1.29, 1.82) is 0 Å². The third-order valence-electron chi connectivity index (χ3n) is 5.27. The number of carbonyl (C=O) groups is 1. The molecule has 2 rings (SSSR count). The molecular weight excluding hydrogens is 324 g/mol. The average molecular weight is 354 g/mol. The van der Waals surface area contributed by atoms with Crippen molar-refractivity contribution >= 4 is 5.97 Å². The van der Waals surface area contributed by atoms with Crippen molar-refractivity contribution in [3.63, 3.8) is 0 Å². The van der Waals surface area contributed by atoms with Crippen molar-refractivity contribution < 1.29 is 14.3 Å². The molecule has 0 amide bonds. The number of ether oxygens (including phenoxy) is 2. The van der Waals surface area contributed by atoms with Crippen LogP contribution in [0.2, 0.25) is 0 Å². The minimum Gasteiger partial charge on any atom is -0.482 e. The first-order valence-electron chi connectivity index (χ1n) is 9.26. The van der Waals surface area contributed by atoms with Gasteiger partial charge in [-0.25, -0.2) is 4.79 Å². The van der Waals surface area contributed by atoms with Crippen LogP contribution >= 0.6 is 0 Å². The Hall–Kier alpha value is -2.29. The highest BCUT2D eigenvalue weighted by Crippen LogP contribution is 2.36. The lowest BCUT2D eigenvalue weighted by atomic mass is 9.86. The molecule has 0 N–H and O–H groups in total. The van der Waals surface area contributed by atoms with Gasteiger partial charge in [0.2, 0.25) is 0 Å². The van der Waals surface area contributed by atoms with E-state index in [0.717, 1.165) is 24.0 Å². The van der Waals surface area contributed by atoms with Crippen LogP contribution in [0.4, 0.5) is 0 Å². The number of methoxy groups -OCH3 is 1. The Morgan fingerprint density at radius 1 is 1.00 bits per heavy atom. The van der Waals surface area contributed by atoms with Crippen molar-refractivity contribution in [2.45, 2.75) is 40.5 Å². The summed E-state index contributed by atoms with van der Waals surface area (Å²) in [4.78, 5) is 11.6. The van der Waals surface area contributed by atoms with Crippen LogP contribution in [0, 0.1) is 10.8 Å². The maximum atomic E-state index is 11.6. The van der Waals surface area contributed by atoms with E-state index in [1.807, 2.05) is 0 Å². The molecule has 140 valence electrons. The van der Waals surface area contributed by atoms with Crippen molar-refractivity contribution in [2.24, 2.45) is 10.8 Å². The van der Waals surface area contributed by atoms with Crippen LogP contribution in [-0.2, 0) is 14.3 Å². The van der Waals surface area contributed by atoms with Gasteiger partial charge in [0.1, 0.15) is 5.76 Å². The van der Waals surface area contributed by atoms with E-state index in [4.69, 9.17) is 9.47 Å². The van der Waals surface area contributed by atoms with Gasteiger partial charge in [-0.3, -0.25) is 0 Å². The topological polar surface area (TPSA) is 35.5 Å². The predicted molar refractivity (Wildman–Crippen MR) is 106 cm³/mol. The minimum atomic E-state index is -0.385. The van der Waals surface area contributed by atoms with Crippen molar-refractivity contribution in [3.05, 3.63) is 71.6 Å². The number of rotatable bonds is 6. The summed E-state index contributed by atoms with van der Waals surface area (Å²) in [5, 5.41) is 0. The molecule has 0 saturated carbocycles. The van der Waals surface area contributed by atoms with Crippen molar-refractivity contribution in [1.82, 2.24) is 0 Å². The van der Waals surface area contributed by atoms with Crippen LogP contribution in [0.1, 0.15) is 40.5 Å². The summed E-state index contributed by atoms with van der Waals surface area (Å²) in [7, 11) is 1.37. The van der Waals surface area contributed by atoms with Gasteiger partial charge in [0.25, 0.3) is 0 Å². The van der Waals surface area contributed by atoms with Gasteiger partial charge < -0.3 is 9.47 Å². The highest BCUT2D eigenvalue weighted by Gasteiger charge is 2.24. The van der Waals surface area contributed by atoms with Crippen LogP contribution in [0.3, 0.4) is 0 Å². The first-order valence-corrected chi connectivity index (χ1v) is 9.26. The minimum absolute atomic E-state index is 0.0497. The summed E-state index contributed by atoms with van der Waals surface area (Å²) in [6.07, 6.45) is 21.2. The molecule has 0 aromatic heterocycles. The van der Waals surface area contributed by atoms with Gasteiger partial charge >= 0.3 is 5.97 Å². The molecule has 0 spiro atoms. The normalized spacial score (nSPS) is 27.8. The molecule has 2 aliphatic carbocycles. The third kappa shape index (κ3) is 4.87. The van der Waals surface area contributed by atoms with E-state index >= 15 is 0 Å². The van der Waals surface area contributed by atoms with Crippen molar-refractivity contribution in [3.8, 4) is 0 Å². The summed E-state index contributed by atoms with van der Waals surface area (Å²) in [6.45, 7) is 8.61. The number of allylic oxidation sites excluding steroid dienone is 10. The fourth-order valence-electron chi connectivity index (χ4n) is 2.82. The van der Waals surface area contributed by atoms with E-state index in [9.17, 15) is 4.79 Å². The van der Waals surface area contributed by atoms with Crippen LogP contribution in [0.25, 0.3) is 0 Å². The molecule has 0 bridgehead atoms. The first kappa shape index (κ1) is 20.0. The monoisotopic (exact) mass is 354 g/mol. The van der Waals surface area contributed by atoms with E-state index in [0.29, 0.717) is 5.76 Å². The Morgan fingerprint density at radius 3 is 2.31 bits per heavy atom. The second-order valence-electron chi connectivity index (χ2n) is 7.35. The lowest BCUT2D eigenvalue weighted by molar-refractivity contribution is -0.144. The number of carbonyl (C=O) groups excluding carboxylic acids is 1. The molecule has 0 aliphatic heterocycles. The molecule has 3 nitrogen and oxygen atoms in total. The van der Waals surface area contributed by atoms with E-state index < -0.39 is 0 Å². The zero-order chi connectivity index (χ0) is 19.2. The van der Waals surface area contributed by atoms with Crippen LogP contribution < -0.4 is 0 Å². The Kier molecular flexibility index (Phi) is 6.47. The van der Waals surface area contributed by atoms with E-state index in [-0.39, 0.29) is 23.4 Å². The average Bonchev–Trinajstić information content (AvgIpc) is 2.94. The second kappa shape index (κ2) is 8.39. The molecule has 0 heterocycles. The number of esters is 1. The van der Waals surface area contributed by atoms with Gasteiger partial charge in [-0.1, -0.05) is 76.3 Å². The summed E-state index contributed by atoms with van der Waals surface area (Å²) in [5.41, 5.74) is 1.98. The molecule has 0 saturated heterocycles. The first-order chi connectivity index (χ1) is 12.3. The van der Waals surface area contributed by atoms with Crippen LogP contribution in [-0.4, -0.2) is 19.7 Å². The highest BCUT2D eigenvalue weighted by molar-refractivity contribution is 5.71. The number of hydrogen-bond donors (Lipinski definition) is 0. The summed E-state index contributed by atoms with van der Waals surface area (Å²) in [6, 6.07) is 0. The molecule has 2 unspecified atom stereocenters. The number of hydrogen-bond acceptors (Lipinski definition) is 3. The van der Waals surface area contributed by atoms with Gasteiger partial charge in [0, 0.05) is 16.4 Å². The maximum absolute atomic E-state index is 11.6. The fraction of sp³-hybridized carbons (Fsp3) is 0.435. The lowest BCUT2D eigenvalue weighted by Gasteiger charge is -2.22. The van der Waals surface area contributed by atoms with E-state index in [1.54, 1.807) is 0 Å². The second-order valence-corrected chi connectivity index (χ2v) is 7.35. The van der Waals surface area contributed by atoms with Gasteiger partial charge in [-0.2, -0.15) is 0 Å². The van der Waals surface area contributed by atoms with Crippen LogP contribution in [0.15, 0.2) is 71.6 Å². The van der Waals surface area contributed by atoms with Gasteiger partial charge in [-0.05, 0) is 24.5 Å². The highest BCUT2D eigenvalue weighted by atomic mass is 16.6. The Labute approximate surface area is 157 Å². The summed E-state index contributed by atoms with van der Waals surface area (Å²) in [5.74, 6) is 0.332. The smallest absolute Gasteiger partial charge is 0.343 e. The van der Waals surface area contributed by atoms with Gasteiger partial charge in [-0.15, -0.1) is 0 Å². The molecule has 0 fully saturated rings. The maximum Gasteiger partial charge on any atom is 0.343 e. The fourth-order valence-corrected chi connectivity index (χ4v) is 2.82. The molecule has 3 heteroatoms. The molecule has 0 radical (unpaired) electrons. The summed E-state index contributed by atoms with van der Waals surface area (Å²) < 4.78 is 10.6.